The van der Waals surface area contributed by atoms with E-state index in [1.807, 2.05) is 37.8 Å². The third kappa shape index (κ3) is 4.53. The summed E-state index contributed by atoms with van der Waals surface area (Å²) in [5.74, 6) is 0.608. The number of hydrogen-bond acceptors (Lipinski definition) is 4. The van der Waals surface area contributed by atoms with Crippen molar-refractivity contribution in [2.24, 2.45) is 5.92 Å². The minimum absolute atomic E-state index is 0.194. The first kappa shape index (κ1) is 17.8. The van der Waals surface area contributed by atoms with Crippen molar-refractivity contribution in [3.63, 3.8) is 0 Å². The molecule has 2 unspecified atom stereocenters. The Morgan fingerprint density at radius 3 is 2.32 bits per heavy atom. The molecule has 0 saturated heterocycles. The van der Waals surface area contributed by atoms with Gasteiger partial charge in [-0.1, -0.05) is 12.1 Å². The summed E-state index contributed by atoms with van der Waals surface area (Å²) in [6, 6.07) is 7.69. The predicted octanol–water partition coefficient (Wildman–Crippen LogP) is 3.98. The molecule has 3 rings (SSSR count). The SMILES string of the molecule is COC(=O)c1ccc(C2CC2N(CC2CC2)C(=O)OC(C)(C)C)cc1. The minimum atomic E-state index is -0.481. The van der Waals surface area contributed by atoms with E-state index in [1.54, 1.807) is 12.1 Å². The summed E-state index contributed by atoms with van der Waals surface area (Å²) in [5, 5.41) is 0. The van der Waals surface area contributed by atoms with Crippen molar-refractivity contribution in [2.75, 3.05) is 13.7 Å². The van der Waals surface area contributed by atoms with E-state index in [4.69, 9.17) is 9.47 Å². The summed E-state index contributed by atoms with van der Waals surface area (Å²) in [4.78, 5) is 26.1. The van der Waals surface area contributed by atoms with Crippen LogP contribution in [-0.2, 0) is 9.47 Å². The molecule has 0 heterocycles. The second-order valence-electron chi connectivity index (χ2n) is 8.10. The second-order valence-corrected chi connectivity index (χ2v) is 8.10. The largest absolute Gasteiger partial charge is 0.465 e. The van der Waals surface area contributed by atoms with E-state index in [0.29, 0.717) is 17.4 Å². The summed E-state index contributed by atoms with van der Waals surface area (Å²) < 4.78 is 10.3. The zero-order chi connectivity index (χ0) is 18.2. The first-order valence-corrected chi connectivity index (χ1v) is 8.96. The van der Waals surface area contributed by atoms with Crippen molar-refractivity contribution in [1.29, 1.82) is 0 Å². The zero-order valence-electron chi connectivity index (χ0n) is 15.5. The van der Waals surface area contributed by atoms with Crippen molar-refractivity contribution in [3.05, 3.63) is 35.4 Å². The van der Waals surface area contributed by atoms with Gasteiger partial charge in [0.2, 0.25) is 0 Å². The topological polar surface area (TPSA) is 55.8 Å². The van der Waals surface area contributed by atoms with Crippen LogP contribution in [0.1, 0.15) is 61.9 Å². The minimum Gasteiger partial charge on any atom is -0.465 e. The van der Waals surface area contributed by atoms with Gasteiger partial charge in [-0.05, 0) is 63.6 Å². The monoisotopic (exact) mass is 345 g/mol. The van der Waals surface area contributed by atoms with Crippen LogP contribution >= 0.6 is 0 Å². The molecule has 2 fully saturated rings. The van der Waals surface area contributed by atoms with Crippen LogP contribution in [0.2, 0.25) is 0 Å². The van der Waals surface area contributed by atoms with Gasteiger partial charge < -0.3 is 14.4 Å². The Hall–Kier alpha value is -2.04. The highest BCUT2D eigenvalue weighted by Gasteiger charge is 2.47. The Labute approximate surface area is 149 Å². The molecular formula is C20H27NO4. The van der Waals surface area contributed by atoms with Gasteiger partial charge in [0.15, 0.2) is 0 Å². The van der Waals surface area contributed by atoms with Gasteiger partial charge in [0, 0.05) is 18.5 Å². The van der Waals surface area contributed by atoms with Crippen LogP contribution in [0, 0.1) is 5.92 Å². The molecular weight excluding hydrogens is 318 g/mol. The molecule has 2 saturated carbocycles. The number of benzene rings is 1. The maximum atomic E-state index is 12.6. The number of amides is 1. The average molecular weight is 345 g/mol. The molecule has 0 radical (unpaired) electrons. The number of ether oxygens (including phenoxy) is 2. The number of carbonyl (C=O) groups excluding carboxylic acids is 2. The summed E-state index contributed by atoms with van der Waals surface area (Å²) in [7, 11) is 1.38. The lowest BCUT2D eigenvalue weighted by Crippen LogP contribution is -2.40. The quantitative estimate of drug-likeness (QED) is 0.758. The first-order valence-electron chi connectivity index (χ1n) is 8.96. The third-order valence-corrected chi connectivity index (χ3v) is 4.70. The second kappa shape index (κ2) is 6.70. The summed E-state index contributed by atoms with van der Waals surface area (Å²) in [5.41, 5.74) is 1.22. The standard InChI is InChI=1S/C20H27NO4/c1-20(2,3)25-19(23)21(12-13-5-6-13)17-11-16(17)14-7-9-15(10-8-14)18(22)24-4/h7-10,13,16-17H,5-6,11-12H2,1-4H3. The van der Waals surface area contributed by atoms with E-state index in [2.05, 4.69) is 0 Å². The Morgan fingerprint density at radius 1 is 1.16 bits per heavy atom. The van der Waals surface area contributed by atoms with Gasteiger partial charge >= 0.3 is 12.1 Å². The normalized spacial score (nSPS) is 22.2. The molecule has 5 nitrogen and oxygen atoms in total. The molecule has 0 bridgehead atoms. The van der Waals surface area contributed by atoms with E-state index in [1.165, 1.54) is 20.0 Å². The Kier molecular flexibility index (Phi) is 4.76. The molecule has 0 aliphatic heterocycles. The van der Waals surface area contributed by atoms with Crippen LogP contribution < -0.4 is 0 Å². The van der Waals surface area contributed by atoms with Crippen LogP contribution in [0.3, 0.4) is 0 Å². The molecule has 0 N–H and O–H groups in total. The number of hydrogen-bond donors (Lipinski definition) is 0. The van der Waals surface area contributed by atoms with E-state index < -0.39 is 5.60 Å². The lowest BCUT2D eigenvalue weighted by atomic mass is 10.1. The molecule has 2 aliphatic rings. The number of nitrogens with zero attached hydrogens (tertiary/aromatic N) is 1. The average Bonchev–Trinajstić information content (AvgIpc) is 3.44. The molecule has 2 aliphatic carbocycles. The number of methoxy groups -OCH3 is 1. The summed E-state index contributed by atoms with van der Waals surface area (Å²) in [6.45, 7) is 6.48. The number of rotatable bonds is 5. The number of carbonyl (C=O) groups is 2. The molecule has 136 valence electrons. The first-order chi connectivity index (χ1) is 11.8. The van der Waals surface area contributed by atoms with E-state index >= 15 is 0 Å². The maximum absolute atomic E-state index is 12.6. The zero-order valence-corrected chi connectivity index (χ0v) is 15.5. The van der Waals surface area contributed by atoms with Crippen molar-refractivity contribution in [3.8, 4) is 0 Å². The highest BCUT2D eigenvalue weighted by Crippen LogP contribution is 2.46. The predicted molar refractivity (Wildman–Crippen MR) is 94.6 cm³/mol. The van der Waals surface area contributed by atoms with Crippen LogP contribution in [0.5, 0.6) is 0 Å². The smallest absolute Gasteiger partial charge is 0.410 e. The van der Waals surface area contributed by atoms with Gasteiger partial charge in [-0.25, -0.2) is 9.59 Å². The Morgan fingerprint density at radius 2 is 1.80 bits per heavy atom. The summed E-state index contributed by atoms with van der Waals surface area (Å²) in [6.07, 6.45) is 3.14. The van der Waals surface area contributed by atoms with Crippen molar-refractivity contribution < 1.29 is 19.1 Å². The van der Waals surface area contributed by atoms with Gasteiger partial charge in [0.1, 0.15) is 5.60 Å². The molecule has 2 atom stereocenters. The molecule has 5 heteroatoms. The fraction of sp³-hybridized carbons (Fsp3) is 0.600. The van der Waals surface area contributed by atoms with E-state index in [0.717, 1.165) is 18.5 Å². The molecule has 0 aromatic heterocycles. The number of esters is 1. The highest BCUT2D eigenvalue weighted by molar-refractivity contribution is 5.89. The van der Waals surface area contributed by atoms with Crippen LogP contribution in [0.4, 0.5) is 4.79 Å². The molecule has 0 spiro atoms. The molecule has 1 aromatic carbocycles. The van der Waals surface area contributed by atoms with Crippen LogP contribution in [0.25, 0.3) is 0 Å². The molecule has 1 aromatic rings. The van der Waals surface area contributed by atoms with Gasteiger partial charge in [0.05, 0.1) is 12.7 Å². The van der Waals surface area contributed by atoms with Gasteiger partial charge in [-0.15, -0.1) is 0 Å². The Balaban J connectivity index is 1.67. The van der Waals surface area contributed by atoms with Gasteiger partial charge in [-0.2, -0.15) is 0 Å². The van der Waals surface area contributed by atoms with Gasteiger partial charge in [-0.3, -0.25) is 0 Å². The fourth-order valence-corrected chi connectivity index (χ4v) is 3.11. The van der Waals surface area contributed by atoms with Crippen LogP contribution in [0.15, 0.2) is 24.3 Å². The van der Waals surface area contributed by atoms with Crippen molar-refractivity contribution in [2.45, 2.75) is 57.6 Å². The van der Waals surface area contributed by atoms with E-state index in [-0.39, 0.29) is 18.1 Å². The van der Waals surface area contributed by atoms with E-state index in [9.17, 15) is 9.59 Å². The molecule has 1 amide bonds. The Bertz CT molecular complexity index is 643. The highest BCUT2D eigenvalue weighted by atomic mass is 16.6. The molecule has 25 heavy (non-hydrogen) atoms. The summed E-state index contributed by atoms with van der Waals surface area (Å²) >= 11 is 0. The third-order valence-electron chi connectivity index (χ3n) is 4.70. The van der Waals surface area contributed by atoms with Crippen molar-refractivity contribution >= 4 is 12.1 Å². The lowest BCUT2D eigenvalue weighted by molar-refractivity contribution is 0.0220. The lowest BCUT2D eigenvalue weighted by Gasteiger charge is -2.28. The van der Waals surface area contributed by atoms with Gasteiger partial charge in [0.25, 0.3) is 0 Å². The maximum Gasteiger partial charge on any atom is 0.410 e. The fourth-order valence-electron chi connectivity index (χ4n) is 3.11. The van der Waals surface area contributed by atoms with Crippen LogP contribution in [-0.4, -0.2) is 42.3 Å². The van der Waals surface area contributed by atoms with Crippen molar-refractivity contribution in [1.82, 2.24) is 4.90 Å².